The molecule has 2 N–H and O–H groups in total. The second-order valence-electron chi connectivity index (χ2n) is 4.72. The molecule has 0 aliphatic rings. The predicted molar refractivity (Wildman–Crippen MR) is 68.8 cm³/mol. The Bertz CT molecular complexity index is 337. The molecule has 16 heavy (non-hydrogen) atoms. The standard InChI is InChI=1S/C13H22N2O/c1-10-5-6-12(14)13(7-10)16-9-11(2)8-15(3)4/h5-7,11H,8-9,14H2,1-4H3. The van der Waals surface area contributed by atoms with Gasteiger partial charge in [0.15, 0.2) is 0 Å². The molecule has 0 aliphatic heterocycles. The van der Waals surface area contributed by atoms with E-state index in [-0.39, 0.29) is 0 Å². The molecule has 0 aromatic heterocycles. The smallest absolute Gasteiger partial charge is 0.142 e. The summed E-state index contributed by atoms with van der Waals surface area (Å²) in [7, 11) is 4.13. The summed E-state index contributed by atoms with van der Waals surface area (Å²) in [4.78, 5) is 2.16. The zero-order valence-electron chi connectivity index (χ0n) is 10.7. The van der Waals surface area contributed by atoms with Crippen molar-refractivity contribution in [2.24, 2.45) is 5.92 Å². The fourth-order valence-corrected chi connectivity index (χ4v) is 1.67. The summed E-state index contributed by atoms with van der Waals surface area (Å²) >= 11 is 0. The van der Waals surface area contributed by atoms with Gasteiger partial charge >= 0.3 is 0 Å². The van der Waals surface area contributed by atoms with Gasteiger partial charge in [-0.3, -0.25) is 0 Å². The van der Waals surface area contributed by atoms with Crippen molar-refractivity contribution in [1.29, 1.82) is 0 Å². The summed E-state index contributed by atoms with van der Waals surface area (Å²) < 4.78 is 5.73. The Balaban J connectivity index is 2.51. The molecule has 0 saturated carbocycles. The first-order chi connectivity index (χ1) is 7.49. The lowest BCUT2D eigenvalue weighted by atomic mass is 10.2. The van der Waals surface area contributed by atoms with Crippen LogP contribution in [0.1, 0.15) is 12.5 Å². The second-order valence-corrected chi connectivity index (χ2v) is 4.72. The van der Waals surface area contributed by atoms with Gasteiger partial charge in [-0.2, -0.15) is 0 Å². The minimum Gasteiger partial charge on any atom is -0.491 e. The zero-order chi connectivity index (χ0) is 12.1. The second kappa shape index (κ2) is 5.75. The number of nitrogen functional groups attached to an aromatic ring is 1. The zero-order valence-corrected chi connectivity index (χ0v) is 10.7. The van der Waals surface area contributed by atoms with E-state index < -0.39 is 0 Å². The van der Waals surface area contributed by atoms with Crippen molar-refractivity contribution >= 4 is 5.69 Å². The van der Waals surface area contributed by atoms with Crippen LogP contribution in [0.15, 0.2) is 18.2 Å². The van der Waals surface area contributed by atoms with E-state index in [9.17, 15) is 0 Å². The molecule has 1 aromatic rings. The molecule has 0 bridgehead atoms. The maximum Gasteiger partial charge on any atom is 0.142 e. The van der Waals surface area contributed by atoms with Gasteiger partial charge in [-0.1, -0.05) is 13.0 Å². The van der Waals surface area contributed by atoms with Crippen molar-refractivity contribution in [3.63, 3.8) is 0 Å². The van der Waals surface area contributed by atoms with Gasteiger partial charge in [0.05, 0.1) is 12.3 Å². The Morgan fingerprint density at radius 2 is 2.06 bits per heavy atom. The molecule has 0 saturated heterocycles. The Morgan fingerprint density at radius 3 is 2.69 bits per heavy atom. The average Bonchev–Trinajstić information content (AvgIpc) is 2.18. The Labute approximate surface area is 98.2 Å². The molecule has 0 radical (unpaired) electrons. The predicted octanol–water partition coefficient (Wildman–Crippen LogP) is 2.15. The summed E-state index contributed by atoms with van der Waals surface area (Å²) in [6.45, 7) is 5.93. The van der Waals surface area contributed by atoms with Gasteiger partial charge in [0.25, 0.3) is 0 Å². The molecule has 0 spiro atoms. The van der Waals surface area contributed by atoms with E-state index in [1.807, 2.05) is 25.1 Å². The molecule has 0 heterocycles. The van der Waals surface area contributed by atoms with Crippen LogP contribution in [0.5, 0.6) is 5.75 Å². The normalized spacial score (nSPS) is 12.8. The molecule has 0 amide bonds. The van der Waals surface area contributed by atoms with Crippen LogP contribution in [-0.4, -0.2) is 32.1 Å². The number of aryl methyl sites for hydroxylation is 1. The fourth-order valence-electron chi connectivity index (χ4n) is 1.67. The van der Waals surface area contributed by atoms with Crippen LogP contribution in [-0.2, 0) is 0 Å². The van der Waals surface area contributed by atoms with E-state index in [1.165, 1.54) is 5.56 Å². The number of nitrogens with zero attached hydrogens (tertiary/aromatic N) is 1. The monoisotopic (exact) mass is 222 g/mol. The molecule has 1 aromatic carbocycles. The summed E-state index contributed by atoms with van der Waals surface area (Å²) in [6, 6.07) is 5.87. The minimum atomic E-state index is 0.495. The van der Waals surface area contributed by atoms with Gasteiger partial charge in [-0.15, -0.1) is 0 Å². The highest BCUT2D eigenvalue weighted by molar-refractivity contribution is 5.53. The Morgan fingerprint density at radius 1 is 1.38 bits per heavy atom. The summed E-state index contributed by atoms with van der Waals surface area (Å²) in [5.74, 6) is 1.29. The molecule has 0 fully saturated rings. The van der Waals surface area contributed by atoms with Crippen molar-refractivity contribution < 1.29 is 4.74 Å². The largest absolute Gasteiger partial charge is 0.491 e. The Kier molecular flexibility index (Phi) is 4.62. The minimum absolute atomic E-state index is 0.495. The van der Waals surface area contributed by atoms with E-state index in [1.54, 1.807) is 0 Å². The first kappa shape index (κ1) is 12.8. The first-order valence-electron chi connectivity index (χ1n) is 5.62. The number of nitrogens with two attached hydrogens (primary N) is 1. The van der Waals surface area contributed by atoms with Gasteiger partial charge in [0.2, 0.25) is 0 Å². The number of benzene rings is 1. The lowest BCUT2D eigenvalue weighted by Gasteiger charge is -2.18. The van der Waals surface area contributed by atoms with Crippen molar-refractivity contribution in [2.75, 3.05) is 33.0 Å². The summed E-state index contributed by atoms with van der Waals surface area (Å²) in [5.41, 5.74) is 7.72. The summed E-state index contributed by atoms with van der Waals surface area (Å²) in [5, 5.41) is 0. The van der Waals surface area contributed by atoms with E-state index in [4.69, 9.17) is 10.5 Å². The molecular formula is C13H22N2O. The lowest BCUT2D eigenvalue weighted by molar-refractivity contribution is 0.223. The van der Waals surface area contributed by atoms with E-state index >= 15 is 0 Å². The van der Waals surface area contributed by atoms with Crippen molar-refractivity contribution in [3.05, 3.63) is 23.8 Å². The highest BCUT2D eigenvalue weighted by Crippen LogP contribution is 2.22. The third-order valence-corrected chi connectivity index (χ3v) is 2.37. The maximum absolute atomic E-state index is 5.84. The van der Waals surface area contributed by atoms with Crippen LogP contribution in [0.4, 0.5) is 5.69 Å². The van der Waals surface area contributed by atoms with Crippen LogP contribution in [0.2, 0.25) is 0 Å². The molecule has 3 nitrogen and oxygen atoms in total. The molecule has 3 heteroatoms. The maximum atomic E-state index is 5.84. The molecule has 90 valence electrons. The molecule has 0 aliphatic carbocycles. The van der Waals surface area contributed by atoms with Crippen LogP contribution in [0.3, 0.4) is 0 Å². The van der Waals surface area contributed by atoms with Gasteiger partial charge in [0, 0.05) is 12.5 Å². The topological polar surface area (TPSA) is 38.5 Å². The van der Waals surface area contributed by atoms with Gasteiger partial charge in [-0.05, 0) is 38.7 Å². The number of ether oxygens (including phenoxy) is 1. The average molecular weight is 222 g/mol. The third-order valence-electron chi connectivity index (χ3n) is 2.37. The fraction of sp³-hybridized carbons (Fsp3) is 0.538. The molecular weight excluding hydrogens is 200 g/mol. The van der Waals surface area contributed by atoms with E-state index in [0.29, 0.717) is 18.2 Å². The highest BCUT2D eigenvalue weighted by Gasteiger charge is 2.06. The van der Waals surface area contributed by atoms with Gasteiger partial charge in [-0.25, -0.2) is 0 Å². The van der Waals surface area contributed by atoms with Crippen LogP contribution in [0, 0.1) is 12.8 Å². The number of hydrogen-bond acceptors (Lipinski definition) is 3. The van der Waals surface area contributed by atoms with E-state index in [0.717, 1.165) is 12.3 Å². The SMILES string of the molecule is Cc1ccc(N)c(OCC(C)CN(C)C)c1. The van der Waals surface area contributed by atoms with Gasteiger partial charge in [0.1, 0.15) is 5.75 Å². The number of rotatable bonds is 5. The van der Waals surface area contributed by atoms with Crippen LogP contribution in [0.25, 0.3) is 0 Å². The quantitative estimate of drug-likeness (QED) is 0.776. The first-order valence-corrected chi connectivity index (χ1v) is 5.62. The number of anilines is 1. The van der Waals surface area contributed by atoms with Crippen molar-refractivity contribution in [3.8, 4) is 5.75 Å². The van der Waals surface area contributed by atoms with Crippen molar-refractivity contribution in [2.45, 2.75) is 13.8 Å². The molecule has 1 unspecified atom stereocenters. The van der Waals surface area contributed by atoms with Crippen LogP contribution < -0.4 is 10.5 Å². The number of hydrogen-bond donors (Lipinski definition) is 1. The van der Waals surface area contributed by atoms with E-state index in [2.05, 4.69) is 25.9 Å². The highest BCUT2D eigenvalue weighted by atomic mass is 16.5. The van der Waals surface area contributed by atoms with Crippen molar-refractivity contribution in [1.82, 2.24) is 4.90 Å². The Hall–Kier alpha value is -1.22. The third kappa shape index (κ3) is 4.11. The molecule has 1 atom stereocenters. The van der Waals surface area contributed by atoms with Gasteiger partial charge < -0.3 is 15.4 Å². The van der Waals surface area contributed by atoms with Crippen LogP contribution >= 0.6 is 0 Å². The lowest BCUT2D eigenvalue weighted by Crippen LogP contribution is -2.24. The summed E-state index contributed by atoms with van der Waals surface area (Å²) in [6.07, 6.45) is 0. The molecule has 1 rings (SSSR count).